The maximum Gasteiger partial charge on any atom is 0.337 e. The lowest BCUT2D eigenvalue weighted by Crippen LogP contribution is -2.29. The van der Waals surface area contributed by atoms with Gasteiger partial charge in [-0.3, -0.25) is 9.59 Å². The Kier molecular flexibility index (Phi) is 8.34. The molecule has 0 spiro atoms. The van der Waals surface area contributed by atoms with Gasteiger partial charge in [-0.2, -0.15) is 0 Å². The number of benzene rings is 1. The minimum Gasteiger partial charge on any atom is -0.469 e. The van der Waals surface area contributed by atoms with Crippen LogP contribution in [0.3, 0.4) is 0 Å². The molecule has 0 N–H and O–H groups in total. The zero-order valence-corrected chi connectivity index (χ0v) is 17.8. The van der Waals surface area contributed by atoms with E-state index in [0.29, 0.717) is 11.1 Å². The maximum atomic E-state index is 12.8. The fourth-order valence-corrected chi connectivity index (χ4v) is 3.36. The van der Waals surface area contributed by atoms with E-state index < -0.39 is 29.4 Å². The SMILES string of the molecule is COC(=O)C[C@@H](C(=O)OC(C)(C)C)c1cc(C(=O)OC)ccc1SC(C)C. The fourth-order valence-electron chi connectivity index (χ4n) is 2.37. The van der Waals surface area contributed by atoms with Crippen molar-refractivity contribution in [2.75, 3.05) is 14.2 Å². The zero-order valence-electron chi connectivity index (χ0n) is 17.0. The van der Waals surface area contributed by atoms with Gasteiger partial charge in [0.1, 0.15) is 5.60 Å². The summed E-state index contributed by atoms with van der Waals surface area (Å²) in [4.78, 5) is 37.6. The van der Waals surface area contributed by atoms with Crippen LogP contribution >= 0.6 is 11.8 Å². The van der Waals surface area contributed by atoms with Gasteiger partial charge in [0.05, 0.1) is 32.1 Å². The van der Waals surface area contributed by atoms with Gasteiger partial charge in [0, 0.05) is 10.1 Å². The molecule has 1 aromatic rings. The van der Waals surface area contributed by atoms with Crippen LogP contribution in [-0.2, 0) is 23.8 Å². The van der Waals surface area contributed by atoms with Crippen molar-refractivity contribution in [1.82, 2.24) is 0 Å². The predicted octanol–water partition coefficient (Wildman–Crippen LogP) is 3.96. The first-order chi connectivity index (χ1) is 12.5. The summed E-state index contributed by atoms with van der Waals surface area (Å²) in [5.41, 5.74) is 0.145. The highest BCUT2D eigenvalue weighted by molar-refractivity contribution is 8.00. The van der Waals surface area contributed by atoms with E-state index in [1.165, 1.54) is 26.0 Å². The van der Waals surface area contributed by atoms with Crippen LogP contribution in [0.15, 0.2) is 23.1 Å². The molecular weight excluding hydrogens is 368 g/mol. The quantitative estimate of drug-likeness (QED) is 0.392. The van der Waals surface area contributed by atoms with Gasteiger partial charge >= 0.3 is 17.9 Å². The van der Waals surface area contributed by atoms with Gasteiger partial charge in [-0.05, 0) is 44.5 Å². The summed E-state index contributed by atoms with van der Waals surface area (Å²) in [5.74, 6) is -2.48. The van der Waals surface area contributed by atoms with Crippen molar-refractivity contribution >= 4 is 29.7 Å². The molecule has 0 unspecified atom stereocenters. The number of hydrogen-bond acceptors (Lipinski definition) is 7. The Labute approximate surface area is 164 Å². The second-order valence-electron chi connectivity index (χ2n) is 7.28. The number of ether oxygens (including phenoxy) is 3. The number of hydrogen-bond donors (Lipinski definition) is 0. The second-order valence-corrected chi connectivity index (χ2v) is 8.90. The smallest absolute Gasteiger partial charge is 0.337 e. The number of carbonyl (C=O) groups is 3. The lowest BCUT2D eigenvalue weighted by molar-refractivity contribution is -0.159. The van der Waals surface area contributed by atoms with Crippen LogP contribution in [0.25, 0.3) is 0 Å². The van der Waals surface area contributed by atoms with Crippen LogP contribution in [0.2, 0.25) is 0 Å². The van der Waals surface area contributed by atoms with Crippen LogP contribution in [0.1, 0.15) is 62.9 Å². The zero-order chi connectivity index (χ0) is 20.8. The molecule has 0 fully saturated rings. The van der Waals surface area contributed by atoms with Gasteiger partial charge in [0.15, 0.2) is 0 Å². The maximum absolute atomic E-state index is 12.8. The van der Waals surface area contributed by atoms with Crippen molar-refractivity contribution in [2.45, 2.75) is 62.7 Å². The van der Waals surface area contributed by atoms with Crippen molar-refractivity contribution in [3.05, 3.63) is 29.3 Å². The molecule has 0 aliphatic heterocycles. The molecule has 6 nitrogen and oxygen atoms in total. The second kappa shape index (κ2) is 9.78. The highest BCUT2D eigenvalue weighted by Crippen LogP contribution is 2.35. The van der Waals surface area contributed by atoms with E-state index in [4.69, 9.17) is 14.2 Å². The van der Waals surface area contributed by atoms with Crippen molar-refractivity contribution in [3.8, 4) is 0 Å². The van der Waals surface area contributed by atoms with E-state index in [0.717, 1.165) is 4.90 Å². The van der Waals surface area contributed by atoms with E-state index in [-0.39, 0.29) is 11.7 Å². The van der Waals surface area contributed by atoms with Gasteiger partial charge in [-0.25, -0.2) is 4.79 Å². The molecule has 150 valence electrons. The third-order valence-electron chi connectivity index (χ3n) is 3.46. The minimum absolute atomic E-state index is 0.179. The largest absolute Gasteiger partial charge is 0.469 e. The summed E-state index contributed by atoms with van der Waals surface area (Å²) in [7, 11) is 2.56. The summed E-state index contributed by atoms with van der Waals surface area (Å²) < 4.78 is 15.1. The Hall–Kier alpha value is -2.02. The fraction of sp³-hybridized carbons (Fsp3) is 0.550. The average Bonchev–Trinajstić information content (AvgIpc) is 2.57. The molecule has 27 heavy (non-hydrogen) atoms. The molecule has 0 amide bonds. The minimum atomic E-state index is -0.887. The highest BCUT2D eigenvalue weighted by Gasteiger charge is 2.32. The van der Waals surface area contributed by atoms with E-state index in [2.05, 4.69) is 0 Å². The summed E-state index contributed by atoms with van der Waals surface area (Å²) in [6.45, 7) is 9.31. The number of thioether (sulfide) groups is 1. The lowest BCUT2D eigenvalue weighted by atomic mass is 9.93. The third-order valence-corrected chi connectivity index (χ3v) is 4.56. The Morgan fingerprint density at radius 1 is 1.07 bits per heavy atom. The van der Waals surface area contributed by atoms with Gasteiger partial charge in [-0.1, -0.05) is 13.8 Å². The average molecular weight is 397 g/mol. The molecule has 0 heterocycles. The number of carbonyl (C=O) groups excluding carboxylic acids is 3. The van der Waals surface area contributed by atoms with Crippen LogP contribution in [0, 0.1) is 0 Å². The summed E-state index contributed by atoms with van der Waals surface area (Å²) in [6.07, 6.45) is -0.179. The Bertz CT molecular complexity index is 690. The predicted molar refractivity (Wildman–Crippen MR) is 104 cm³/mol. The van der Waals surface area contributed by atoms with E-state index in [9.17, 15) is 14.4 Å². The molecule has 7 heteroatoms. The molecule has 0 saturated carbocycles. The van der Waals surface area contributed by atoms with E-state index in [1.807, 2.05) is 13.8 Å². The first kappa shape index (κ1) is 23.0. The molecule has 0 aromatic heterocycles. The van der Waals surface area contributed by atoms with Crippen LogP contribution < -0.4 is 0 Å². The summed E-state index contributed by atoms with van der Waals surface area (Å²) >= 11 is 1.54. The molecule has 1 rings (SSSR count). The van der Waals surface area contributed by atoms with Crippen molar-refractivity contribution in [3.63, 3.8) is 0 Å². The molecule has 0 aliphatic rings. The third kappa shape index (κ3) is 7.25. The number of esters is 3. The topological polar surface area (TPSA) is 78.9 Å². The molecule has 0 saturated heterocycles. The summed E-state index contributed by atoms with van der Waals surface area (Å²) in [6, 6.07) is 5.00. The van der Waals surface area contributed by atoms with Gasteiger partial charge in [0.2, 0.25) is 0 Å². The Balaban J connectivity index is 3.47. The van der Waals surface area contributed by atoms with Crippen molar-refractivity contribution in [2.24, 2.45) is 0 Å². The molecule has 1 aromatic carbocycles. The van der Waals surface area contributed by atoms with Gasteiger partial charge in [-0.15, -0.1) is 11.8 Å². The number of rotatable bonds is 7. The van der Waals surface area contributed by atoms with E-state index in [1.54, 1.807) is 39.0 Å². The molecule has 0 radical (unpaired) electrons. The lowest BCUT2D eigenvalue weighted by Gasteiger charge is -2.25. The van der Waals surface area contributed by atoms with Gasteiger partial charge in [0.25, 0.3) is 0 Å². The standard InChI is InChI=1S/C20H28O6S/c1-12(2)27-16-9-8-13(18(22)25-7)10-14(16)15(11-17(21)24-6)19(23)26-20(3,4)5/h8-10,12,15H,11H2,1-7H3/t15-/m1/s1. The first-order valence-corrected chi connectivity index (χ1v) is 9.55. The Morgan fingerprint density at radius 2 is 1.70 bits per heavy atom. The molecular formula is C20H28O6S. The van der Waals surface area contributed by atoms with Crippen LogP contribution in [0.4, 0.5) is 0 Å². The molecule has 0 bridgehead atoms. The van der Waals surface area contributed by atoms with Crippen LogP contribution in [-0.4, -0.2) is 43.0 Å². The number of methoxy groups -OCH3 is 2. The first-order valence-electron chi connectivity index (χ1n) is 8.67. The van der Waals surface area contributed by atoms with E-state index >= 15 is 0 Å². The highest BCUT2D eigenvalue weighted by atomic mass is 32.2. The van der Waals surface area contributed by atoms with Gasteiger partial charge < -0.3 is 14.2 Å². The van der Waals surface area contributed by atoms with Crippen molar-refractivity contribution < 1.29 is 28.6 Å². The van der Waals surface area contributed by atoms with Crippen molar-refractivity contribution in [1.29, 1.82) is 0 Å². The van der Waals surface area contributed by atoms with Crippen LogP contribution in [0.5, 0.6) is 0 Å². The monoisotopic (exact) mass is 396 g/mol. The molecule has 1 atom stereocenters. The Morgan fingerprint density at radius 3 is 2.19 bits per heavy atom. The molecule has 0 aliphatic carbocycles. The normalized spacial score (nSPS) is 12.4. The summed E-state index contributed by atoms with van der Waals surface area (Å²) in [5, 5.41) is 0.241.